The second kappa shape index (κ2) is 6.03. The van der Waals surface area contributed by atoms with Crippen molar-refractivity contribution in [1.82, 2.24) is 0 Å². The molecule has 122 valence electrons. The number of rotatable bonds is 4. The minimum Gasteiger partial charge on any atom is -0.493 e. The van der Waals surface area contributed by atoms with E-state index in [0.717, 1.165) is 49.5 Å². The highest BCUT2D eigenvalue weighted by Gasteiger charge is 2.32. The molecule has 0 fully saturated rings. The van der Waals surface area contributed by atoms with Crippen LogP contribution in [0.2, 0.25) is 0 Å². The maximum atomic E-state index is 6.27. The largest absolute Gasteiger partial charge is 0.493 e. The zero-order valence-electron chi connectivity index (χ0n) is 13.3. The molecule has 0 saturated carbocycles. The molecule has 0 spiro atoms. The molecule has 1 unspecified atom stereocenters. The van der Waals surface area contributed by atoms with Crippen LogP contribution in [-0.2, 0) is 6.42 Å². The molecule has 2 aliphatic rings. The molecule has 0 saturated heterocycles. The van der Waals surface area contributed by atoms with E-state index in [9.17, 15) is 0 Å². The lowest BCUT2D eigenvalue weighted by Gasteiger charge is -2.18. The van der Waals surface area contributed by atoms with Crippen LogP contribution in [0.15, 0.2) is 18.2 Å². The molecular weight excluding hydrogens is 329 g/mol. The van der Waals surface area contributed by atoms with Gasteiger partial charge in [-0.05, 0) is 26.9 Å². The normalized spacial score (nSPS) is 18.9. The van der Waals surface area contributed by atoms with E-state index in [2.05, 4.69) is 39.2 Å². The molecule has 0 radical (unpaired) electrons. The Morgan fingerprint density at radius 3 is 3.09 bits per heavy atom. The number of halogens is 1. The Kier molecular flexibility index (Phi) is 4.03. The first-order chi connectivity index (χ1) is 11.2. The molecule has 0 aromatic heterocycles. The number of alkyl halides is 1. The Bertz CT molecular complexity index is 765. The van der Waals surface area contributed by atoms with Gasteiger partial charge in [0, 0.05) is 47.3 Å². The highest BCUT2D eigenvalue weighted by molar-refractivity contribution is 7.19. The van der Waals surface area contributed by atoms with Crippen molar-refractivity contribution in [2.45, 2.75) is 25.7 Å². The van der Waals surface area contributed by atoms with Gasteiger partial charge in [-0.25, -0.2) is 0 Å². The van der Waals surface area contributed by atoms with E-state index >= 15 is 0 Å². The highest BCUT2D eigenvalue weighted by atomic mass is 35.5. The summed E-state index contributed by atoms with van der Waals surface area (Å²) in [5.74, 6) is 2.92. The number of hydrogen-bond acceptors (Lipinski definition) is 3. The van der Waals surface area contributed by atoms with Gasteiger partial charge in [-0.1, -0.05) is 19.1 Å². The van der Waals surface area contributed by atoms with Gasteiger partial charge in [-0.3, -0.25) is 0 Å². The summed E-state index contributed by atoms with van der Waals surface area (Å²) < 4.78 is 14.3. The molecule has 2 atom stereocenters. The summed E-state index contributed by atoms with van der Waals surface area (Å²) in [7, 11) is 2.81. The van der Waals surface area contributed by atoms with Crippen molar-refractivity contribution in [3.8, 4) is 11.5 Å². The number of ether oxygens (including phenoxy) is 2. The Morgan fingerprint density at radius 1 is 1.43 bits per heavy atom. The number of nitrogens with zero attached hydrogens (tertiary/aromatic N) is 1. The third kappa shape index (κ3) is 2.37. The Morgan fingerprint density at radius 2 is 2.30 bits per heavy atom. The number of anilines is 1. The fourth-order valence-electron chi connectivity index (χ4n) is 3.67. The highest BCUT2D eigenvalue weighted by Crippen LogP contribution is 2.50. The number of fused-ring (bicyclic) bond motifs is 5. The zero-order valence-corrected chi connectivity index (χ0v) is 15.2. The summed E-state index contributed by atoms with van der Waals surface area (Å²) in [5.41, 5.74) is 3.80. The predicted octanol–water partition coefficient (Wildman–Crippen LogP) is 4.50. The van der Waals surface area contributed by atoms with Crippen LogP contribution in [0, 0.1) is 0 Å². The summed E-state index contributed by atoms with van der Waals surface area (Å²) in [5, 5.41) is 2.35. The quantitative estimate of drug-likeness (QED) is 0.599. The van der Waals surface area contributed by atoms with Gasteiger partial charge >= 0.3 is 0 Å². The molecule has 2 aromatic rings. The Hall–Kier alpha value is -1.18. The lowest BCUT2D eigenvalue weighted by Crippen LogP contribution is -2.09. The van der Waals surface area contributed by atoms with Crippen LogP contribution in [0.3, 0.4) is 0 Å². The van der Waals surface area contributed by atoms with E-state index in [1.165, 1.54) is 22.2 Å². The van der Waals surface area contributed by atoms with Crippen molar-refractivity contribution >= 4 is 37.5 Å². The van der Waals surface area contributed by atoms with Gasteiger partial charge in [0.15, 0.2) is 0 Å². The standard InChI is InChI=1S/C18H21ClNO2P/c1-2-6-21-15-8-14-16(12(9-19)10-20(14)23)17-13(15)4-3-11-5-7-22-18(11)17/h3-4,8,12H,2,5-7,9-10,23H2,1H3/t12-/m1/s1. The minimum absolute atomic E-state index is 0.322. The van der Waals surface area contributed by atoms with Gasteiger partial charge in [-0.2, -0.15) is 0 Å². The van der Waals surface area contributed by atoms with E-state index in [1.54, 1.807) is 0 Å². The molecule has 4 rings (SSSR count). The van der Waals surface area contributed by atoms with E-state index in [-0.39, 0.29) is 0 Å². The Labute approximate surface area is 144 Å². The molecule has 2 aliphatic heterocycles. The predicted molar refractivity (Wildman–Crippen MR) is 99.5 cm³/mol. The van der Waals surface area contributed by atoms with Crippen molar-refractivity contribution in [1.29, 1.82) is 0 Å². The molecular formula is C18H21ClNO2P. The van der Waals surface area contributed by atoms with Crippen molar-refractivity contribution in [2.24, 2.45) is 0 Å². The van der Waals surface area contributed by atoms with Crippen molar-refractivity contribution in [3.63, 3.8) is 0 Å². The van der Waals surface area contributed by atoms with Crippen LogP contribution in [-0.4, -0.2) is 25.6 Å². The van der Waals surface area contributed by atoms with Crippen LogP contribution >= 0.6 is 21.0 Å². The van der Waals surface area contributed by atoms with E-state index in [1.807, 2.05) is 0 Å². The molecule has 0 amide bonds. The first-order valence-electron chi connectivity index (χ1n) is 8.20. The SMILES string of the molecule is CCCOc1cc2c(c3c4c(ccc13)CCO4)[C@H](CCl)CN2P. The summed E-state index contributed by atoms with van der Waals surface area (Å²) in [6.45, 7) is 4.53. The first-order valence-corrected chi connectivity index (χ1v) is 9.26. The van der Waals surface area contributed by atoms with Crippen LogP contribution in [0.4, 0.5) is 5.69 Å². The third-order valence-corrected chi connectivity index (χ3v) is 5.58. The van der Waals surface area contributed by atoms with Gasteiger partial charge in [0.1, 0.15) is 11.5 Å². The van der Waals surface area contributed by atoms with Crippen molar-refractivity contribution in [2.75, 3.05) is 30.3 Å². The van der Waals surface area contributed by atoms with Crippen molar-refractivity contribution in [3.05, 3.63) is 29.3 Å². The van der Waals surface area contributed by atoms with E-state index < -0.39 is 0 Å². The summed E-state index contributed by atoms with van der Waals surface area (Å²) in [6, 6.07) is 6.53. The molecule has 2 heterocycles. The molecule has 2 aromatic carbocycles. The number of benzene rings is 2. The lowest BCUT2D eigenvalue weighted by atomic mass is 9.93. The molecule has 5 heteroatoms. The smallest absolute Gasteiger partial charge is 0.130 e. The van der Waals surface area contributed by atoms with E-state index in [0.29, 0.717) is 11.8 Å². The monoisotopic (exact) mass is 349 g/mol. The second-order valence-corrected chi connectivity index (χ2v) is 7.17. The summed E-state index contributed by atoms with van der Waals surface area (Å²) in [4.78, 5) is 0. The molecule has 3 nitrogen and oxygen atoms in total. The fraction of sp³-hybridized carbons (Fsp3) is 0.444. The molecule has 0 bridgehead atoms. The van der Waals surface area contributed by atoms with Crippen molar-refractivity contribution < 1.29 is 9.47 Å². The topological polar surface area (TPSA) is 21.7 Å². The zero-order chi connectivity index (χ0) is 16.0. The summed E-state index contributed by atoms with van der Waals surface area (Å²) >= 11 is 6.27. The maximum Gasteiger partial charge on any atom is 0.130 e. The fourth-order valence-corrected chi connectivity index (χ4v) is 4.39. The van der Waals surface area contributed by atoms with Gasteiger partial charge < -0.3 is 14.1 Å². The van der Waals surface area contributed by atoms with Gasteiger partial charge in [0.05, 0.1) is 13.2 Å². The second-order valence-electron chi connectivity index (χ2n) is 6.23. The van der Waals surface area contributed by atoms with Crippen LogP contribution in [0.5, 0.6) is 11.5 Å². The lowest BCUT2D eigenvalue weighted by molar-refractivity contribution is 0.321. The minimum atomic E-state index is 0.322. The van der Waals surface area contributed by atoms with Gasteiger partial charge in [0.25, 0.3) is 0 Å². The first kappa shape index (κ1) is 15.4. The summed E-state index contributed by atoms with van der Waals surface area (Å²) in [6.07, 6.45) is 1.98. The van der Waals surface area contributed by atoms with E-state index in [4.69, 9.17) is 21.1 Å². The average Bonchev–Trinajstić information content (AvgIpc) is 3.16. The van der Waals surface area contributed by atoms with Crippen LogP contribution in [0.1, 0.15) is 30.4 Å². The average molecular weight is 350 g/mol. The number of hydrogen-bond donors (Lipinski definition) is 0. The molecule has 0 N–H and O–H groups in total. The third-order valence-electron chi connectivity index (χ3n) is 4.72. The van der Waals surface area contributed by atoms with Gasteiger partial charge in [0.2, 0.25) is 0 Å². The van der Waals surface area contributed by atoms with Crippen LogP contribution in [0.25, 0.3) is 10.8 Å². The van der Waals surface area contributed by atoms with Gasteiger partial charge in [-0.15, -0.1) is 11.6 Å². The molecule has 23 heavy (non-hydrogen) atoms. The molecule has 0 aliphatic carbocycles. The maximum absolute atomic E-state index is 6.27. The Balaban J connectivity index is 2.02. The van der Waals surface area contributed by atoms with Crippen LogP contribution < -0.4 is 14.1 Å².